The summed E-state index contributed by atoms with van der Waals surface area (Å²) in [5.74, 6) is 1.64. The Morgan fingerprint density at radius 3 is 1.24 bits per heavy atom. The Hall–Kier alpha value is -6.67. The molecule has 0 spiro atoms. The molecule has 0 bridgehead atoms. The van der Waals surface area contributed by atoms with Crippen molar-refractivity contribution < 1.29 is 0 Å². The van der Waals surface area contributed by atoms with Crippen LogP contribution in [0.15, 0.2) is 187 Å². The topological polar surface area (TPSA) is 133 Å². The average molecular weight is 967 g/mol. The fourth-order valence-corrected chi connectivity index (χ4v) is 10.1. The number of benzene rings is 6. The molecule has 2 aliphatic heterocycles. The van der Waals surface area contributed by atoms with E-state index in [0.717, 1.165) is 83.6 Å². The predicted molar refractivity (Wildman–Crippen MR) is 298 cm³/mol. The first kappa shape index (κ1) is 56.9. The molecule has 6 aromatic carbocycles. The lowest BCUT2D eigenvalue weighted by atomic mass is 9.72. The fraction of sp³-hybridized carbons (Fsp3) is 0.367. The van der Waals surface area contributed by atoms with Crippen LogP contribution in [0.4, 0.5) is 0 Å². The van der Waals surface area contributed by atoms with E-state index in [0.29, 0.717) is 11.8 Å². The van der Waals surface area contributed by atoms with Gasteiger partial charge in [-0.3, -0.25) is 0 Å². The van der Waals surface area contributed by atoms with Crippen molar-refractivity contribution >= 4 is 8.24 Å². The second kappa shape index (κ2) is 28.2. The number of aromatic amines is 1. The van der Waals surface area contributed by atoms with E-state index in [1.165, 1.54) is 33.4 Å². The van der Waals surface area contributed by atoms with Gasteiger partial charge in [-0.05, 0) is 122 Å². The van der Waals surface area contributed by atoms with E-state index in [4.69, 9.17) is 5.53 Å². The fourth-order valence-electron chi connectivity index (χ4n) is 9.85. The van der Waals surface area contributed by atoms with Gasteiger partial charge in [-0.1, -0.05) is 229 Å². The van der Waals surface area contributed by atoms with Crippen molar-refractivity contribution in [3.8, 4) is 6.07 Å². The van der Waals surface area contributed by atoms with Gasteiger partial charge in [0, 0.05) is 11.8 Å². The number of likely N-dealkylation sites (tertiary alicyclic amines) is 2. The lowest BCUT2D eigenvalue weighted by Crippen LogP contribution is -2.44. The summed E-state index contributed by atoms with van der Waals surface area (Å²) in [4.78, 5) is 7.83. The molecule has 71 heavy (non-hydrogen) atoms. The highest BCUT2D eigenvalue weighted by atomic mass is 28.3. The molecular weight excluding hydrogens is 889 g/mol. The lowest BCUT2D eigenvalue weighted by Gasteiger charge is -2.40. The third kappa shape index (κ3) is 15.7. The van der Waals surface area contributed by atoms with Gasteiger partial charge in [0.05, 0.1) is 16.9 Å². The van der Waals surface area contributed by atoms with Gasteiger partial charge in [-0.25, -0.2) is 0 Å². The minimum absolute atomic E-state index is 0. The molecule has 0 amide bonds. The highest BCUT2D eigenvalue weighted by Crippen LogP contribution is 2.40. The number of hydrogen-bond acceptors (Lipinski definition) is 7. The van der Waals surface area contributed by atoms with Crippen molar-refractivity contribution in [1.82, 2.24) is 30.4 Å². The molecule has 0 saturated carbocycles. The van der Waals surface area contributed by atoms with E-state index in [2.05, 4.69) is 210 Å². The van der Waals surface area contributed by atoms with Crippen LogP contribution < -0.4 is 0 Å². The van der Waals surface area contributed by atoms with Gasteiger partial charge in [0.1, 0.15) is 8.24 Å². The molecule has 372 valence electrons. The monoisotopic (exact) mass is 967 g/mol. The number of nitrogens with one attached hydrogen (secondary N) is 1. The molecule has 2 fully saturated rings. The van der Waals surface area contributed by atoms with Crippen molar-refractivity contribution in [3.05, 3.63) is 232 Å². The molecule has 0 atom stereocenters. The van der Waals surface area contributed by atoms with E-state index in [1.807, 2.05) is 37.8 Å². The van der Waals surface area contributed by atoms with Crippen molar-refractivity contribution in [2.75, 3.05) is 39.3 Å². The maximum Gasteiger partial charge on any atom is 0.185 e. The molecule has 0 unspecified atom stereocenters. The van der Waals surface area contributed by atoms with Crippen molar-refractivity contribution in [2.45, 2.75) is 103 Å². The molecule has 9 rings (SSSR count). The van der Waals surface area contributed by atoms with E-state index in [9.17, 15) is 5.26 Å². The average Bonchev–Trinajstić information content (AvgIpc) is 3.95. The molecule has 2 aliphatic rings. The number of rotatable bonds is 14. The van der Waals surface area contributed by atoms with Gasteiger partial charge in [0.25, 0.3) is 0 Å². The summed E-state index contributed by atoms with van der Waals surface area (Å²) in [5, 5.41) is 25.3. The molecule has 2 saturated heterocycles. The van der Waals surface area contributed by atoms with E-state index in [1.54, 1.807) is 0 Å². The van der Waals surface area contributed by atoms with Crippen molar-refractivity contribution in [2.24, 2.45) is 4.78 Å². The first-order valence-electron chi connectivity index (χ1n) is 24.2. The van der Waals surface area contributed by atoms with Gasteiger partial charge in [-0.15, -0.1) is 15.0 Å². The molecule has 11 heteroatoms. The van der Waals surface area contributed by atoms with Crippen LogP contribution >= 0.6 is 0 Å². The Morgan fingerprint density at radius 1 is 0.577 bits per heavy atom. The molecule has 1 N–H and O–H groups in total. The molecule has 3 heterocycles. The smallest absolute Gasteiger partial charge is 0.185 e. The minimum atomic E-state index is -1.45. The van der Waals surface area contributed by atoms with Crippen LogP contribution in [-0.2, 0) is 10.8 Å². The summed E-state index contributed by atoms with van der Waals surface area (Å²) in [6.45, 7) is 12.1. The third-order valence-corrected chi connectivity index (χ3v) is 14.4. The number of azide groups is 1. The number of nitriles is 1. The van der Waals surface area contributed by atoms with Crippen LogP contribution in [0, 0.1) is 11.3 Å². The van der Waals surface area contributed by atoms with Crippen LogP contribution in [0.5, 0.6) is 0 Å². The highest BCUT2D eigenvalue weighted by molar-refractivity contribution is 6.74. The van der Waals surface area contributed by atoms with E-state index < -0.39 is 8.24 Å². The van der Waals surface area contributed by atoms with Crippen LogP contribution in [0.1, 0.15) is 112 Å². The largest absolute Gasteiger partial charge is 0.303 e. The summed E-state index contributed by atoms with van der Waals surface area (Å²) in [6.07, 6.45) is 6.02. The van der Waals surface area contributed by atoms with Crippen LogP contribution in [-0.4, -0.2) is 77.9 Å². The van der Waals surface area contributed by atoms with Gasteiger partial charge in [0.15, 0.2) is 5.82 Å². The van der Waals surface area contributed by atoms with E-state index in [-0.39, 0.29) is 33.1 Å². The van der Waals surface area contributed by atoms with Crippen LogP contribution in [0.3, 0.4) is 0 Å². The van der Waals surface area contributed by atoms with Crippen LogP contribution in [0.2, 0.25) is 19.6 Å². The van der Waals surface area contributed by atoms with Gasteiger partial charge in [0.2, 0.25) is 0 Å². The number of hydrogen-bond donors (Lipinski definition) is 1. The molecule has 10 nitrogen and oxygen atoms in total. The number of aromatic nitrogens is 4. The molecular formula is C60H78N10Si. The standard InChI is InChI=1S/C27H29N5.C27H28N2.C3H9N3Si.3CH4/c1-4-10-22(11-5-1)25(23-12-6-2-7-13-23)16-19-32-20-17-27(18-21-32,26-28-30-31-29-26)24-14-8-3-9-15-24;28-22-27(25-14-8-3-9-15-25)17-20-29(21-18-27)19-16-26(23-10-4-1-5-11-23)24-12-6-2-7-13-24;1-7(2,3)6-5-4;;;/h1-15,25H,16-21H2,(H,28,29,30,31);1-15,26H,16-21H2;1-3H3;3*1H4. The SMILES string of the molecule is C.C.C.C[Si](C)(C)N=[N+]=[N-].N#CC1(c2ccccc2)CCN(CCC(c2ccccc2)c2ccccc2)CC1.c1ccc(C(CCN2CCC(c3ccccc3)(c3nn[nH]n3)CC2)c2ccccc2)cc1. The predicted octanol–water partition coefficient (Wildman–Crippen LogP) is 14.6. The number of piperidine rings is 2. The maximum absolute atomic E-state index is 9.93. The van der Waals surface area contributed by atoms with E-state index >= 15 is 0 Å². The second-order valence-electron chi connectivity index (χ2n) is 19.1. The number of nitrogens with zero attached hydrogens (tertiary/aromatic N) is 9. The Labute approximate surface area is 426 Å². The van der Waals surface area contributed by atoms with Crippen molar-refractivity contribution in [3.63, 3.8) is 0 Å². The Balaban J connectivity index is 0.000000263. The zero-order chi connectivity index (χ0) is 47.5. The lowest BCUT2D eigenvalue weighted by molar-refractivity contribution is 0.171. The van der Waals surface area contributed by atoms with Gasteiger partial charge >= 0.3 is 0 Å². The molecule has 0 radical (unpaired) electrons. The third-order valence-electron chi connectivity index (χ3n) is 13.7. The van der Waals surface area contributed by atoms with Crippen molar-refractivity contribution in [1.29, 1.82) is 5.26 Å². The zero-order valence-corrected chi connectivity index (χ0v) is 41.0. The zero-order valence-electron chi connectivity index (χ0n) is 40.0. The summed E-state index contributed by atoms with van der Waals surface area (Å²) in [5.41, 5.74) is 15.4. The van der Waals surface area contributed by atoms with Crippen LogP contribution in [0.25, 0.3) is 10.4 Å². The highest BCUT2D eigenvalue weighted by Gasteiger charge is 2.41. The van der Waals surface area contributed by atoms with Gasteiger partial charge in [-0.2, -0.15) is 10.5 Å². The summed E-state index contributed by atoms with van der Waals surface area (Å²) < 4.78 is 3.58. The molecule has 7 aromatic rings. The Kier molecular flexibility index (Phi) is 22.6. The quantitative estimate of drug-likeness (QED) is 0.0499. The number of H-pyrrole nitrogens is 1. The second-order valence-corrected chi connectivity index (χ2v) is 23.7. The summed E-state index contributed by atoms with van der Waals surface area (Å²) in [7, 11) is -1.45. The Morgan fingerprint density at radius 2 is 0.930 bits per heavy atom. The molecule has 0 aliphatic carbocycles. The summed E-state index contributed by atoms with van der Waals surface area (Å²) >= 11 is 0. The normalized spacial score (nSPS) is 15.0. The first-order valence-corrected chi connectivity index (χ1v) is 27.6. The minimum Gasteiger partial charge on any atom is -0.303 e. The molecule has 1 aromatic heterocycles. The summed E-state index contributed by atoms with van der Waals surface area (Å²) in [6, 6.07) is 67.1. The first-order chi connectivity index (χ1) is 33.2. The number of tetrazole rings is 1. The Bertz CT molecular complexity index is 2500. The van der Waals surface area contributed by atoms with Gasteiger partial charge < -0.3 is 9.80 Å². The maximum atomic E-state index is 9.93.